The van der Waals surface area contributed by atoms with Crippen molar-refractivity contribution >= 4 is 22.8 Å². The third kappa shape index (κ3) is 2.49. The molecule has 5 nitrogen and oxygen atoms in total. The van der Waals surface area contributed by atoms with Crippen molar-refractivity contribution in [1.82, 2.24) is 24.2 Å². The smallest absolute Gasteiger partial charge is 0.159 e. The van der Waals surface area contributed by atoms with E-state index in [9.17, 15) is 0 Å². The van der Waals surface area contributed by atoms with Crippen molar-refractivity contribution in [3.8, 4) is 0 Å². The van der Waals surface area contributed by atoms with E-state index in [0.29, 0.717) is 11.9 Å². The van der Waals surface area contributed by atoms with Gasteiger partial charge in [-0.3, -0.25) is 4.68 Å². The molecule has 1 unspecified atom stereocenters. The van der Waals surface area contributed by atoms with Gasteiger partial charge in [0.15, 0.2) is 5.65 Å². The lowest BCUT2D eigenvalue weighted by Crippen LogP contribution is -2.24. The second kappa shape index (κ2) is 5.51. The van der Waals surface area contributed by atoms with Crippen molar-refractivity contribution < 1.29 is 0 Å². The Morgan fingerprint density at radius 1 is 1.37 bits per heavy atom. The number of fused-ring (bicyclic) bond motifs is 1. The molecule has 2 aromatic rings. The highest BCUT2D eigenvalue weighted by Crippen LogP contribution is 2.25. The van der Waals surface area contributed by atoms with E-state index < -0.39 is 0 Å². The Morgan fingerprint density at radius 2 is 2.05 bits per heavy atom. The maximum atomic E-state index is 6.06. The fourth-order valence-electron chi connectivity index (χ4n) is 2.65. The van der Waals surface area contributed by atoms with E-state index >= 15 is 0 Å². The number of alkyl halides is 1. The van der Waals surface area contributed by atoms with Gasteiger partial charge in [0.2, 0.25) is 0 Å². The minimum atomic E-state index is 0.314. The molecule has 0 saturated carbocycles. The molecule has 106 valence electrons. The first-order valence-corrected chi connectivity index (χ1v) is 7.16. The van der Waals surface area contributed by atoms with E-state index in [0.717, 1.165) is 35.6 Å². The van der Waals surface area contributed by atoms with Gasteiger partial charge in [0, 0.05) is 19.6 Å². The highest BCUT2D eigenvalue weighted by molar-refractivity contribution is 6.16. The van der Waals surface area contributed by atoms with Crippen molar-refractivity contribution in [2.75, 3.05) is 20.6 Å². The summed E-state index contributed by atoms with van der Waals surface area (Å²) in [5.41, 5.74) is 3.10. The molecule has 0 aliphatic carbocycles. The average Bonchev–Trinajstić information content (AvgIpc) is 2.86. The van der Waals surface area contributed by atoms with Gasteiger partial charge in [0.1, 0.15) is 11.3 Å². The number of imidazole rings is 1. The van der Waals surface area contributed by atoms with E-state index in [1.54, 1.807) is 0 Å². The summed E-state index contributed by atoms with van der Waals surface area (Å²) in [6.07, 6.45) is 0.887. The normalized spacial score (nSPS) is 13.6. The topological polar surface area (TPSA) is 38.9 Å². The Labute approximate surface area is 119 Å². The molecule has 0 fully saturated rings. The highest BCUT2D eigenvalue weighted by Gasteiger charge is 2.21. The lowest BCUT2D eigenvalue weighted by atomic mass is 10.3. The molecule has 2 rings (SSSR count). The van der Waals surface area contributed by atoms with Crippen LogP contribution in [0, 0.1) is 0 Å². The van der Waals surface area contributed by atoms with Crippen LogP contribution in [-0.2, 0) is 19.3 Å². The molecule has 0 saturated heterocycles. The Hall–Kier alpha value is -1.07. The highest BCUT2D eigenvalue weighted by atomic mass is 35.5. The van der Waals surface area contributed by atoms with Crippen LogP contribution in [0.1, 0.15) is 31.4 Å². The van der Waals surface area contributed by atoms with Gasteiger partial charge in [-0.15, -0.1) is 11.6 Å². The Bertz CT molecular complexity index is 569. The molecule has 0 N–H and O–H groups in total. The van der Waals surface area contributed by atoms with Crippen LogP contribution in [0.15, 0.2) is 0 Å². The van der Waals surface area contributed by atoms with Crippen molar-refractivity contribution in [2.45, 2.75) is 32.2 Å². The van der Waals surface area contributed by atoms with Gasteiger partial charge in [-0.05, 0) is 27.4 Å². The summed E-state index contributed by atoms with van der Waals surface area (Å²) in [6.45, 7) is 5.24. The lowest BCUT2D eigenvalue weighted by Gasteiger charge is -2.20. The molecule has 6 heteroatoms. The summed E-state index contributed by atoms with van der Waals surface area (Å²) < 4.78 is 4.14. The molecule has 0 spiro atoms. The number of aryl methyl sites for hydroxylation is 2. The van der Waals surface area contributed by atoms with Gasteiger partial charge < -0.3 is 9.47 Å². The monoisotopic (exact) mass is 283 g/mol. The van der Waals surface area contributed by atoms with Gasteiger partial charge in [0.25, 0.3) is 0 Å². The molecule has 0 aliphatic rings. The lowest BCUT2D eigenvalue weighted by molar-refractivity contribution is 0.336. The summed E-state index contributed by atoms with van der Waals surface area (Å²) in [4.78, 5) is 6.85. The summed E-state index contributed by atoms with van der Waals surface area (Å²) >= 11 is 6.06. The second-order valence-electron chi connectivity index (χ2n) is 5.24. The fourth-order valence-corrected chi connectivity index (χ4v) is 2.84. The van der Waals surface area contributed by atoms with Crippen LogP contribution < -0.4 is 0 Å². The average molecular weight is 284 g/mol. The molecule has 2 aromatic heterocycles. The van der Waals surface area contributed by atoms with Gasteiger partial charge in [-0.1, -0.05) is 6.92 Å². The minimum absolute atomic E-state index is 0.314. The van der Waals surface area contributed by atoms with Gasteiger partial charge in [-0.25, -0.2) is 4.98 Å². The van der Waals surface area contributed by atoms with E-state index in [2.05, 4.69) is 47.5 Å². The molecular weight excluding hydrogens is 262 g/mol. The molecule has 0 bridgehead atoms. The molecule has 0 radical (unpaired) electrons. The van der Waals surface area contributed by atoms with Crippen LogP contribution >= 0.6 is 11.6 Å². The van der Waals surface area contributed by atoms with Crippen LogP contribution in [0.3, 0.4) is 0 Å². The molecule has 0 aromatic carbocycles. The van der Waals surface area contributed by atoms with E-state index in [-0.39, 0.29) is 0 Å². The Kier molecular flexibility index (Phi) is 4.16. The van der Waals surface area contributed by atoms with Crippen molar-refractivity contribution in [3.63, 3.8) is 0 Å². The zero-order valence-corrected chi connectivity index (χ0v) is 13.1. The minimum Gasteiger partial charge on any atom is -0.308 e. The quantitative estimate of drug-likeness (QED) is 0.790. The van der Waals surface area contributed by atoms with Gasteiger partial charge in [0.05, 0.1) is 11.6 Å². The fraction of sp³-hybridized carbons (Fsp3) is 0.692. The number of hydrogen-bond donors (Lipinski definition) is 0. The number of nitrogens with zero attached hydrogens (tertiary/aromatic N) is 5. The molecule has 2 heterocycles. The number of halogens is 1. The second-order valence-corrected chi connectivity index (χ2v) is 5.51. The summed E-state index contributed by atoms with van der Waals surface area (Å²) in [5, 5.41) is 4.54. The van der Waals surface area contributed by atoms with Gasteiger partial charge in [-0.2, -0.15) is 5.10 Å². The predicted octanol–water partition coefficient (Wildman–Crippen LogP) is 2.19. The van der Waals surface area contributed by atoms with Crippen LogP contribution in [-0.4, -0.2) is 44.9 Å². The Balaban J connectivity index is 2.60. The SMILES string of the molecule is CCc1nn(C)c2c1nc(CCl)n2C(C)CN(C)C. The van der Waals surface area contributed by atoms with Crippen LogP contribution in [0.4, 0.5) is 0 Å². The van der Waals surface area contributed by atoms with Crippen molar-refractivity contribution in [1.29, 1.82) is 0 Å². The first-order valence-electron chi connectivity index (χ1n) is 6.62. The largest absolute Gasteiger partial charge is 0.308 e. The number of likely N-dealkylation sites (N-methyl/N-ethyl adjacent to an activating group) is 1. The van der Waals surface area contributed by atoms with E-state index in [1.807, 2.05) is 11.7 Å². The predicted molar refractivity (Wildman–Crippen MR) is 78.7 cm³/mol. The summed E-state index contributed by atoms with van der Waals surface area (Å²) in [6, 6.07) is 0.314. The molecule has 0 amide bonds. The zero-order chi connectivity index (χ0) is 14.2. The number of aromatic nitrogens is 4. The number of hydrogen-bond acceptors (Lipinski definition) is 3. The summed E-state index contributed by atoms with van der Waals surface area (Å²) in [5.74, 6) is 1.35. The Morgan fingerprint density at radius 3 is 2.58 bits per heavy atom. The molecule has 19 heavy (non-hydrogen) atoms. The van der Waals surface area contributed by atoms with Gasteiger partial charge >= 0.3 is 0 Å². The third-order valence-electron chi connectivity index (χ3n) is 3.33. The van der Waals surface area contributed by atoms with Crippen LogP contribution in [0.5, 0.6) is 0 Å². The standard InChI is InChI=1S/C13H22ClN5/c1-6-10-12-13(18(5)16-10)19(11(7-14)15-12)9(2)8-17(3)4/h9H,6-8H2,1-5H3. The maximum Gasteiger partial charge on any atom is 0.159 e. The third-order valence-corrected chi connectivity index (χ3v) is 3.57. The molecule has 1 atom stereocenters. The van der Waals surface area contributed by atoms with Crippen LogP contribution in [0.2, 0.25) is 0 Å². The van der Waals surface area contributed by atoms with E-state index in [4.69, 9.17) is 11.6 Å². The molecular formula is C13H22ClN5. The first kappa shape index (κ1) is 14.3. The van der Waals surface area contributed by atoms with Crippen molar-refractivity contribution in [2.24, 2.45) is 7.05 Å². The van der Waals surface area contributed by atoms with Crippen molar-refractivity contribution in [3.05, 3.63) is 11.5 Å². The number of rotatable bonds is 5. The summed E-state index contributed by atoms with van der Waals surface area (Å²) in [7, 11) is 6.12. The zero-order valence-electron chi connectivity index (χ0n) is 12.3. The van der Waals surface area contributed by atoms with Crippen LogP contribution in [0.25, 0.3) is 11.2 Å². The molecule has 0 aliphatic heterocycles. The first-order chi connectivity index (χ1) is 8.99. The van der Waals surface area contributed by atoms with E-state index in [1.165, 1.54) is 0 Å². The maximum absolute atomic E-state index is 6.06.